The summed E-state index contributed by atoms with van der Waals surface area (Å²) < 4.78 is 0. The summed E-state index contributed by atoms with van der Waals surface area (Å²) in [4.78, 5) is 36.7. The Morgan fingerprint density at radius 2 is 1.74 bits per heavy atom. The monoisotopic (exact) mass is 414 g/mol. The van der Waals surface area contributed by atoms with Gasteiger partial charge in [0, 0.05) is 18.4 Å². The van der Waals surface area contributed by atoms with E-state index in [2.05, 4.69) is 15.3 Å². The molecule has 1 fully saturated rings. The number of piperidine rings is 1. The summed E-state index contributed by atoms with van der Waals surface area (Å²) in [5, 5.41) is 2.87. The van der Waals surface area contributed by atoms with Gasteiger partial charge in [0.25, 0.3) is 5.91 Å². The van der Waals surface area contributed by atoms with Gasteiger partial charge in [0.15, 0.2) is 5.82 Å². The molecule has 31 heavy (non-hydrogen) atoms. The number of amides is 2. The van der Waals surface area contributed by atoms with Gasteiger partial charge in [-0.25, -0.2) is 9.97 Å². The SMILES string of the molecule is Cc1nc([C@@H]2CCCCN2C(=O)Cc2ccccc2)ncc1C(=O)Nc1ccccc1. The molecule has 1 aliphatic rings. The van der Waals surface area contributed by atoms with E-state index in [0.29, 0.717) is 30.0 Å². The molecule has 0 bridgehead atoms. The van der Waals surface area contributed by atoms with Gasteiger partial charge in [-0.05, 0) is 43.9 Å². The average Bonchev–Trinajstić information content (AvgIpc) is 2.80. The molecule has 0 aliphatic carbocycles. The summed E-state index contributed by atoms with van der Waals surface area (Å²) in [6.07, 6.45) is 4.78. The second-order valence-corrected chi connectivity index (χ2v) is 7.81. The van der Waals surface area contributed by atoms with Crippen molar-refractivity contribution in [2.24, 2.45) is 0 Å². The number of para-hydroxylation sites is 1. The Kier molecular flexibility index (Phi) is 6.36. The lowest BCUT2D eigenvalue weighted by Gasteiger charge is -2.35. The summed E-state index contributed by atoms with van der Waals surface area (Å²) in [5.41, 5.74) is 2.77. The van der Waals surface area contributed by atoms with E-state index in [-0.39, 0.29) is 17.9 Å². The fourth-order valence-electron chi connectivity index (χ4n) is 3.96. The van der Waals surface area contributed by atoms with Crippen LogP contribution in [0.4, 0.5) is 5.69 Å². The molecule has 0 spiro atoms. The van der Waals surface area contributed by atoms with Gasteiger partial charge in [0.1, 0.15) is 0 Å². The third-order valence-electron chi connectivity index (χ3n) is 5.59. The van der Waals surface area contributed by atoms with Crippen molar-refractivity contribution < 1.29 is 9.59 Å². The van der Waals surface area contributed by atoms with Crippen LogP contribution in [0.5, 0.6) is 0 Å². The molecule has 1 N–H and O–H groups in total. The van der Waals surface area contributed by atoms with Gasteiger partial charge in [-0.1, -0.05) is 48.5 Å². The van der Waals surface area contributed by atoms with Crippen molar-refractivity contribution in [2.75, 3.05) is 11.9 Å². The van der Waals surface area contributed by atoms with E-state index in [0.717, 1.165) is 30.5 Å². The van der Waals surface area contributed by atoms with Crippen LogP contribution in [0.1, 0.15) is 52.7 Å². The van der Waals surface area contributed by atoms with Crippen LogP contribution in [0, 0.1) is 6.92 Å². The number of hydrogen-bond acceptors (Lipinski definition) is 4. The van der Waals surface area contributed by atoms with E-state index < -0.39 is 0 Å². The highest BCUT2D eigenvalue weighted by Crippen LogP contribution is 2.30. The second-order valence-electron chi connectivity index (χ2n) is 7.81. The zero-order valence-corrected chi connectivity index (χ0v) is 17.6. The molecular weight excluding hydrogens is 388 g/mol. The molecule has 0 radical (unpaired) electrons. The highest BCUT2D eigenvalue weighted by atomic mass is 16.2. The summed E-state index contributed by atoms with van der Waals surface area (Å²) >= 11 is 0. The van der Waals surface area contributed by atoms with Crippen molar-refractivity contribution in [3.05, 3.63) is 89.5 Å². The number of nitrogens with zero attached hydrogens (tertiary/aromatic N) is 3. The first-order valence-corrected chi connectivity index (χ1v) is 10.6. The minimum atomic E-state index is -0.240. The topological polar surface area (TPSA) is 75.2 Å². The number of aromatic nitrogens is 2. The summed E-state index contributed by atoms with van der Waals surface area (Å²) in [7, 11) is 0. The normalized spacial score (nSPS) is 16.0. The maximum Gasteiger partial charge on any atom is 0.259 e. The van der Waals surface area contributed by atoms with E-state index in [1.165, 1.54) is 0 Å². The molecule has 158 valence electrons. The van der Waals surface area contributed by atoms with Crippen LogP contribution in [-0.2, 0) is 11.2 Å². The first-order chi connectivity index (χ1) is 15.1. The molecule has 2 heterocycles. The molecule has 1 saturated heterocycles. The van der Waals surface area contributed by atoms with Crippen LogP contribution in [0.15, 0.2) is 66.9 Å². The highest BCUT2D eigenvalue weighted by molar-refractivity contribution is 6.04. The Bertz CT molecular complexity index is 1050. The largest absolute Gasteiger partial charge is 0.332 e. The van der Waals surface area contributed by atoms with Crippen molar-refractivity contribution in [3.63, 3.8) is 0 Å². The van der Waals surface area contributed by atoms with Crippen LogP contribution < -0.4 is 5.32 Å². The number of likely N-dealkylation sites (tertiary alicyclic amines) is 1. The van der Waals surface area contributed by atoms with Gasteiger partial charge >= 0.3 is 0 Å². The smallest absolute Gasteiger partial charge is 0.259 e. The lowest BCUT2D eigenvalue weighted by atomic mass is 9.99. The molecule has 3 aromatic rings. The van der Waals surface area contributed by atoms with Gasteiger partial charge in [-0.15, -0.1) is 0 Å². The standard InChI is InChI=1S/C25H26N4O2/c1-18-21(25(31)28-20-12-6-3-7-13-20)17-26-24(27-18)22-14-8-9-15-29(22)23(30)16-19-10-4-2-5-11-19/h2-7,10-13,17,22H,8-9,14-16H2,1H3,(H,28,31)/t22-/m0/s1. The average molecular weight is 415 g/mol. The molecule has 0 unspecified atom stereocenters. The number of hydrogen-bond donors (Lipinski definition) is 1. The molecule has 6 nitrogen and oxygen atoms in total. The summed E-state index contributed by atoms with van der Waals surface area (Å²) in [6, 6.07) is 18.9. The summed E-state index contributed by atoms with van der Waals surface area (Å²) in [5.74, 6) is 0.453. The number of benzene rings is 2. The van der Waals surface area contributed by atoms with Crippen LogP contribution in [0.2, 0.25) is 0 Å². The van der Waals surface area contributed by atoms with Crippen molar-refractivity contribution in [2.45, 2.75) is 38.6 Å². The molecule has 6 heteroatoms. The van der Waals surface area contributed by atoms with Crippen LogP contribution in [0.3, 0.4) is 0 Å². The zero-order valence-electron chi connectivity index (χ0n) is 17.6. The number of anilines is 1. The minimum Gasteiger partial charge on any atom is -0.332 e. The molecule has 2 amide bonds. The Labute approximate surface area is 182 Å². The first-order valence-electron chi connectivity index (χ1n) is 10.6. The molecule has 1 atom stereocenters. The van der Waals surface area contributed by atoms with E-state index >= 15 is 0 Å². The first kappa shape index (κ1) is 20.7. The predicted molar refractivity (Wildman–Crippen MR) is 120 cm³/mol. The maximum absolute atomic E-state index is 13.0. The third-order valence-corrected chi connectivity index (χ3v) is 5.59. The van der Waals surface area contributed by atoms with Gasteiger partial charge in [-0.2, -0.15) is 0 Å². The van der Waals surface area contributed by atoms with E-state index in [1.54, 1.807) is 6.20 Å². The van der Waals surface area contributed by atoms with E-state index in [9.17, 15) is 9.59 Å². The Morgan fingerprint density at radius 3 is 2.45 bits per heavy atom. The van der Waals surface area contributed by atoms with E-state index in [4.69, 9.17) is 0 Å². The maximum atomic E-state index is 13.0. The minimum absolute atomic E-state index is 0.0862. The number of carbonyl (C=O) groups excluding carboxylic acids is 2. The molecule has 0 saturated carbocycles. The number of carbonyl (C=O) groups is 2. The van der Waals surface area contributed by atoms with Crippen molar-refractivity contribution in [1.82, 2.24) is 14.9 Å². The van der Waals surface area contributed by atoms with Crippen LogP contribution in [0.25, 0.3) is 0 Å². The molecule has 2 aromatic carbocycles. The lowest BCUT2D eigenvalue weighted by Crippen LogP contribution is -2.40. The van der Waals surface area contributed by atoms with Crippen molar-refractivity contribution in [1.29, 1.82) is 0 Å². The fourth-order valence-corrected chi connectivity index (χ4v) is 3.96. The van der Waals surface area contributed by atoms with Crippen molar-refractivity contribution in [3.8, 4) is 0 Å². The Morgan fingerprint density at radius 1 is 1.03 bits per heavy atom. The Balaban J connectivity index is 1.51. The van der Waals surface area contributed by atoms with Gasteiger partial charge < -0.3 is 10.2 Å². The Hall–Kier alpha value is -3.54. The number of rotatable bonds is 5. The number of nitrogens with one attached hydrogen (secondary N) is 1. The molecular formula is C25H26N4O2. The zero-order chi connectivity index (χ0) is 21.6. The van der Waals surface area contributed by atoms with Crippen LogP contribution in [-0.4, -0.2) is 33.2 Å². The quantitative estimate of drug-likeness (QED) is 0.674. The van der Waals surface area contributed by atoms with Crippen molar-refractivity contribution >= 4 is 17.5 Å². The summed E-state index contributed by atoms with van der Waals surface area (Å²) in [6.45, 7) is 2.51. The molecule has 1 aliphatic heterocycles. The van der Waals surface area contributed by atoms with Gasteiger partial charge in [0.2, 0.25) is 5.91 Å². The highest BCUT2D eigenvalue weighted by Gasteiger charge is 2.30. The second kappa shape index (κ2) is 9.51. The van der Waals surface area contributed by atoms with Gasteiger partial charge in [0.05, 0.1) is 23.7 Å². The van der Waals surface area contributed by atoms with E-state index in [1.807, 2.05) is 72.5 Å². The molecule has 4 rings (SSSR count). The third kappa shape index (κ3) is 4.97. The fraction of sp³-hybridized carbons (Fsp3) is 0.280. The predicted octanol–water partition coefficient (Wildman–Crippen LogP) is 4.33. The number of aryl methyl sites for hydroxylation is 1. The lowest BCUT2D eigenvalue weighted by molar-refractivity contribution is -0.134. The molecule has 1 aromatic heterocycles. The van der Waals surface area contributed by atoms with Crippen LogP contribution >= 0.6 is 0 Å². The van der Waals surface area contributed by atoms with Gasteiger partial charge in [-0.3, -0.25) is 9.59 Å².